The minimum atomic E-state index is -0.958. The van der Waals surface area contributed by atoms with E-state index in [1.54, 1.807) is 0 Å². The molecule has 1 unspecified atom stereocenters. The van der Waals surface area contributed by atoms with Crippen LogP contribution in [0.3, 0.4) is 0 Å². The third-order valence-electron chi connectivity index (χ3n) is 1.84. The first-order valence-electron chi connectivity index (χ1n) is 6.09. The summed E-state index contributed by atoms with van der Waals surface area (Å²) in [5.41, 5.74) is -0.164. The standard InChI is InChI=1S/C12H28NO2P/c1-9-14-16(15-12(6,7)8)13(10(2)3)11(4)5/h10-11H,9H2,1-8H3. The molecule has 0 amide bonds. The van der Waals surface area contributed by atoms with Crippen LogP contribution >= 0.6 is 8.53 Å². The molecule has 0 saturated heterocycles. The molecule has 0 aromatic heterocycles. The Morgan fingerprint density at radius 3 is 1.75 bits per heavy atom. The molecule has 0 rings (SSSR count). The van der Waals surface area contributed by atoms with Crippen LogP contribution in [0.25, 0.3) is 0 Å². The van der Waals surface area contributed by atoms with Crippen LogP contribution in [0.5, 0.6) is 0 Å². The van der Waals surface area contributed by atoms with Gasteiger partial charge in [-0.15, -0.1) is 0 Å². The molecule has 0 aromatic rings. The van der Waals surface area contributed by atoms with Crippen molar-refractivity contribution in [1.82, 2.24) is 4.67 Å². The van der Waals surface area contributed by atoms with Gasteiger partial charge in [-0.3, -0.25) is 0 Å². The lowest BCUT2D eigenvalue weighted by Gasteiger charge is -2.38. The zero-order valence-corrected chi connectivity index (χ0v) is 13.0. The highest BCUT2D eigenvalue weighted by molar-refractivity contribution is 7.44. The molecule has 16 heavy (non-hydrogen) atoms. The van der Waals surface area contributed by atoms with Crippen molar-refractivity contribution in [2.24, 2.45) is 0 Å². The molecule has 0 spiro atoms. The molecule has 3 nitrogen and oxygen atoms in total. The van der Waals surface area contributed by atoms with E-state index < -0.39 is 8.53 Å². The van der Waals surface area contributed by atoms with Crippen molar-refractivity contribution in [2.45, 2.75) is 73.1 Å². The molecule has 0 aliphatic rings. The molecule has 0 N–H and O–H groups in total. The highest BCUT2D eigenvalue weighted by Crippen LogP contribution is 2.48. The second kappa shape index (κ2) is 6.90. The van der Waals surface area contributed by atoms with Gasteiger partial charge in [0, 0.05) is 12.1 Å². The summed E-state index contributed by atoms with van der Waals surface area (Å²) in [4.78, 5) is 0. The Hall–Kier alpha value is 0.310. The Labute approximate surface area is 102 Å². The Bertz CT molecular complexity index is 182. The fourth-order valence-corrected chi connectivity index (χ4v) is 3.18. The van der Waals surface area contributed by atoms with Gasteiger partial charge in [0.05, 0.1) is 12.2 Å². The Morgan fingerprint density at radius 1 is 1.06 bits per heavy atom. The van der Waals surface area contributed by atoms with Gasteiger partial charge in [0.1, 0.15) is 0 Å². The predicted octanol–water partition coefficient (Wildman–Crippen LogP) is 4.18. The molecule has 1 atom stereocenters. The lowest BCUT2D eigenvalue weighted by Crippen LogP contribution is -2.35. The van der Waals surface area contributed by atoms with Crippen LogP contribution in [0, 0.1) is 0 Å². The average Bonchev–Trinajstić information content (AvgIpc) is 1.99. The van der Waals surface area contributed by atoms with Crippen molar-refractivity contribution in [1.29, 1.82) is 0 Å². The van der Waals surface area contributed by atoms with Crippen molar-refractivity contribution in [2.75, 3.05) is 6.61 Å². The monoisotopic (exact) mass is 249 g/mol. The third kappa shape index (κ3) is 6.15. The summed E-state index contributed by atoms with van der Waals surface area (Å²) >= 11 is 0. The summed E-state index contributed by atoms with van der Waals surface area (Å²) in [6, 6.07) is 0.861. The van der Waals surface area contributed by atoms with Gasteiger partial charge in [0.15, 0.2) is 0 Å². The molecular weight excluding hydrogens is 221 g/mol. The fraction of sp³-hybridized carbons (Fsp3) is 1.00. The van der Waals surface area contributed by atoms with Gasteiger partial charge in [-0.2, -0.15) is 0 Å². The minimum Gasteiger partial charge on any atom is -0.322 e. The normalized spacial score (nSPS) is 15.2. The van der Waals surface area contributed by atoms with Gasteiger partial charge >= 0.3 is 0 Å². The van der Waals surface area contributed by atoms with Crippen LogP contribution < -0.4 is 0 Å². The highest BCUT2D eigenvalue weighted by atomic mass is 31.2. The first-order chi connectivity index (χ1) is 7.19. The Kier molecular flexibility index (Phi) is 7.04. The van der Waals surface area contributed by atoms with Crippen molar-refractivity contribution < 1.29 is 9.05 Å². The van der Waals surface area contributed by atoms with Gasteiger partial charge in [0.25, 0.3) is 8.53 Å². The van der Waals surface area contributed by atoms with Crippen molar-refractivity contribution >= 4 is 8.53 Å². The van der Waals surface area contributed by atoms with Gasteiger partial charge in [-0.05, 0) is 55.4 Å². The van der Waals surface area contributed by atoms with Crippen LogP contribution in [-0.4, -0.2) is 29.0 Å². The van der Waals surface area contributed by atoms with E-state index in [0.717, 1.165) is 0 Å². The highest BCUT2D eigenvalue weighted by Gasteiger charge is 2.30. The van der Waals surface area contributed by atoms with Gasteiger partial charge in [-0.1, -0.05) is 0 Å². The van der Waals surface area contributed by atoms with Gasteiger partial charge < -0.3 is 9.05 Å². The van der Waals surface area contributed by atoms with E-state index in [9.17, 15) is 0 Å². The fourth-order valence-electron chi connectivity index (χ4n) is 1.46. The summed E-state index contributed by atoms with van der Waals surface area (Å²) in [5, 5.41) is 0. The summed E-state index contributed by atoms with van der Waals surface area (Å²) in [6.07, 6.45) is 0. The molecule has 0 bridgehead atoms. The van der Waals surface area contributed by atoms with E-state index in [0.29, 0.717) is 18.7 Å². The van der Waals surface area contributed by atoms with E-state index >= 15 is 0 Å². The molecule has 0 saturated carbocycles. The maximum atomic E-state index is 6.03. The summed E-state index contributed by atoms with van der Waals surface area (Å²) < 4.78 is 14.1. The van der Waals surface area contributed by atoms with Gasteiger partial charge in [-0.25, -0.2) is 4.67 Å². The largest absolute Gasteiger partial charge is 0.322 e. The first-order valence-corrected chi connectivity index (χ1v) is 7.22. The number of rotatable bonds is 6. The van der Waals surface area contributed by atoms with E-state index in [1.807, 2.05) is 6.92 Å². The number of hydrogen-bond donors (Lipinski definition) is 0. The topological polar surface area (TPSA) is 21.7 Å². The van der Waals surface area contributed by atoms with E-state index in [1.165, 1.54) is 0 Å². The van der Waals surface area contributed by atoms with E-state index in [2.05, 4.69) is 53.1 Å². The molecular formula is C12H28NO2P. The maximum absolute atomic E-state index is 6.03. The summed E-state index contributed by atoms with van der Waals surface area (Å²) in [6.45, 7) is 17.6. The first kappa shape index (κ1) is 16.3. The van der Waals surface area contributed by atoms with Crippen LogP contribution in [0.4, 0.5) is 0 Å². The van der Waals surface area contributed by atoms with Crippen LogP contribution in [0.2, 0.25) is 0 Å². The molecule has 98 valence electrons. The average molecular weight is 249 g/mol. The van der Waals surface area contributed by atoms with Crippen molar-refractivity contribution in [3.05, 3.63) is 0 Å². The Balaban J connectivity index is 4.71. The van der Waals surface area contributed by atoms with Gasteiger partial charge in [0.2, 0.25) is 0 Å². The molecule has 0 fully saturated rings. The molecule has 4 heteroatoms. The zero-order valence-electron chi connectivity index (χ0n) is 12.1. The number of hydrogen-bond acceptors (Lipinski definition) is 3. The third-order valence-corrected chi connectivity index (χ3v) is 4.32. The second-order valence-corrected chi connectivity index (χ2v) is 6.81. The second-order valence-electron chi connectivity index (χ2n) is 5.43. The summed E-state index contributed by atoms with van der Waals surface area (Å²) in [5.74, 6) is 0. The SMILES string of the molecule is CCOP(OC(C)(C)C)N(C(C)C)C(C)C. The Morgan fingerprint density at radius 2 is 1.50 bits per heavy atom. The van der Waals surface area contributed by atoms with Crippen molar-refractivity contribution in [3.8, 4) is 0 Å². The molecule has 0 aliphatic heterocycles. The summed E-state index contributed by atoms with van der Waals surface area (Å²) in [7, 11) is -0.958. The van der Waals surface area contributed by atoms with Crippen molar-refractivity contribution in [3.63, 3.8) is 0 Å². The lowest BCUT2D eigenvalue weighted by atomic mass is 10.2. The molecule has 0 radical (unpaired) electrons. The minimum absolute atomic E-state index is 0.164. The van der Waals surface area contributed by atoms with Crippen LogP contribution in [0.1, 0.15) is 55.4 Å². The predicted molar refractivity (Wildman–Crippen MR) is 71.5 cm³/mol. The molecule has 0 heterocycles. The number of nitrogens with zero attached hydrogens (tertiary/aromatic N) is 1. The van der Waals surface area contributed by atoms with E-state index in [4.69, 9.17) is 9.05 Å². The smallest absolute Gasteiger partial charge is 0.259 e. The van der Waals surface area contributed by atoms with Crippen LogP contribution in [0.15, 0.2) is 0 Å². The van der Waals surface area contributed by atoms with E-state index in [-0.39, 0.29) is 5.60 Å². The molecule has 0 aliphatic carbocycles. The quantitative estimate of drug-likeness (QED) is 0.659. The molecule has 0 aromatic carbocycles. The zero-order chi connectivity index (χ0) is 12.9. The maximum Gasteiger partial charge on any atom is 0.259 e. The van der Waals surface area contributed by atoms with Crippen LogP contribution in [-0.2, 0) is 9.05 Å². The lowest BCUT2D eigenvalue weighted by molar-refractivity contribution is 0.0883.